The number of hydrogen-bond acceptors (Lipinski definition) is 6. The average Bonchev–Trinajstić information content (AvgIpc) is 2.64. The maximum atomic E-state index is 12.1. The first kappa shape index (κ1) is 13.4. The number of nitrogens with zero attached hydrogens (tertiary/aromatic N) is 1. The molecule has 0 atom stereocenters. The largest absolute Gasteiger partial charge is 0.468 e. The van der Waals surface area contributed by atoms with E-state index in [4.69, 9.17) is 0 Å². The van der Waals surface area contributed by atoms with Gasteiger partial charge in [-0.2, -0.15) is 0 Å². The molecule has 0 radical (unpaired) electrons. The van der Waals surface area contributed by atoms with Gasteiger partial charge in [0, 0.05) is 11.9 Å². The van der Waals surface area contributed by atoms with E-state index in [-0.39, 0.29) is 6.54 Å². The number of carbonyl (C=O) groups is 3. The van der Waals surface area contributed by atoms with Crippen molar-refractivity contribution in [3.05, 3.63) is 29.3 Å². The molecule has 0 saturated carbocycles. The molecule has 100 valence electrons. The first-order chi connectivity index (χ1) is 9.08. The van der Waals surface area contributed by atoms with E-state index >= 15 is 0 Å². The molecule has 1 aliphatic heterocycles. The third-order valence-corrected chi connectivity index (χ3v) is 3.15. The fraction of sp³-hybridized carbons (Fsp3) is 0.250. The molecule has 0 fully saturated rings. The van der Waals surface area contributed by atoms with E-state index in [1.807, 2.05) is 6.26 Å². The maximum absolute atomic E-state index is 12.1. The minimum absolute atomic E-state index is 0.299. The van der Waals surface area contributed by atoms with Crippen LogP contribution in [0.2, 0.25) is 0 Å². The lowest BCUT2D eigenvalue weighted by molar-refractivity contribution is -0.140. The molecule has 0 bridgehead atoms. The van der Waals surface area contributed by atoms with Crippen molar-refractivity contribution in [1.82, 2.24) is 4.90 Å². The van der Waals surface area contributed by atoms with Gasteiger partial charge < -0.3 is 9.46 Å². The van der Waals surface area contributed by atoms with E-state index in [1.54, 1.807) is 18.2 Å². The van der Waals surface area contributed by atoms with Crippen LogP contribution in [0.5, 0.6) is 0 Å². The van der Waals surface area contributed by atoms with Gasteiger partial charge in [0.05, 0.1) is 18.2 Å². The predicted octanol–water partition coefficient (Wildman–Crippen LogP) is 1.15. The number of amides is 2. The second-order valence-electron chi connectivity index (χ2n) is 3.84. The molecule has 0 aliphatic carbocycles. The summed E-state index contributed by atoms with van der Waals surface area (Å²) in [5, 5.41) is 0. The number of benzene rings is 1. The topological polar surface area (TPSA) is 75.7 Å². The van der Waals surface area contributed by atoms with Gasteiger partial charge >= 0.3 is 5.97 Å². The molecule has 1 N–H and O–H groups in total. The smallest absolute Gasteiger partial charge is 0.325 e. The van der Waals surface area contributed by atoms with Crippen LogP contribution >= 0.6 is 11.9 Å². The van der Waals surface area contributed by atoms with E-state index in [2.05, 4.69) is 9.46 Å². The van der Waals surface area contributed by atoms with E-state index in [1.165, 1.54) is 19.1 Å². The van der Waals surface area contributed by atoms with Gasteiger partial charge in [-0.1, -0.05) is 11.9 Å². The summed E-state index contributed by atoms with van der Waals surface area (Å²) in [7, 11) is 1.21. The number of fused-ring (bicyclic) bond motifs is 1. The van der Waals surface area contributed by atoms with Crippen molar-refractivity contribution < 1.29 is 19.1 Å². The number of rotatable bonds is 4. The number of nitrogens with one attached hydrogen (secondary N) is 1. The Labute approximate surface area is 114 Å². The summed E-state index contributed by atoms with van der Waals surface area (Å²) in [5.41, 5.74) is 1.33. The van der Waals surface area contributed by atoms with Crippen molar-refractivity contribution in [3.8, 4) is 0 Å². The van der Waals surface area contributed by atoms with Crippen LogP contribution in [0.15, 0.2) is 18.2 Å². The number of hydrogen-bond donors (Lipinski definition) is 1. The predicted molar refractivity (Wildman–Crippen MR) is 71.0 cm³/mol. The fourth-order valence-corrected chi connectivity index (χ4v) is 2.17. The quantitative estimate of drug-likeness (QED) is 0.506. The van der Waals surface area contributed by atoms with Crippen molar-refractivity contribution in [2.75, 3.05) is 24.6 Å². The molecule has 6 nitrogen and oxygen atoms in total. The standard InChI is InChI=1S/C12H12N2O4S/c1-18-10(15)6-14-11(16)8-4-3-7(13-19-2)5-9(8)12(14)17/h3-5,13H,6H2,1-2H3. The van der Waals surface area contributed by atoms with Crippen molar-refractivity contribution in [1.29, 1.82) is 0 Å². The van der Waals surface area contributed by atoms with E-state index in [0.29, 0.717) is 11.1 Å². The summed E-state index contributed by atoms with van der Waals surface area (Å²) >= 11 is 1.38. The third-order valence-electron chi connectivity index (χ3n) is 2.71. The minimum atomic E-state index is -0.628. The summed E-state index contributed by atoms with van der Waals surface area (Å²) in [4.78, 5) is 36.2. The average molecular weight is 280 g/mol. The van der Waals surface area contributed by atoms with Gasteiger partial charge in [-0.15, -0.1) is 0 Å². The number of esters is 1. The lowest BCUT2D eigenvalue weighted by Crippen LogP contribution is -2.35. The number of anilines is 1. The zero-order chi connectivity index (χ0) is 14.0. The number of ether oxygens (including phenoxy) is 1. The lowest BCUT2D eigenvalue weighted by atomic mass is 10.1. The van der Waals surface area contributed by atoms with Crippen LogP contribution < -0.4 is 4.72 Å². The van der Waals surface area contributed by atoms with Gasteiger partial charge in [0.2, 0.25) is 0 Å². The summed E-state index contributed by atoms with van der Waals surface area (Å²) in [6.45, 7) is -0.367. The van der Waals surface area contributed by atoms with Crippen molar-refractivity contribution in [2.24, 2.45) is 0 Å². The van der Waals surface area contributed by atoms with E-state index in [9.17, 15) is 14.4 Å². The Hall–Kier alpha value is -2.02. The molecule has 2 rings (SSSR count). The highest BCUT2D eigenvalue weighted by Gasteiger charge is 2.36. The number of imide groups is 1. The van der Waals surface area contributed by atoms with Gasteiger partial charge in [-0.25, -0.2) is 0 Å². The Bertz CT molecular complexity index is 559. The van der Waals surface area contributed by atoms with Crippen LogP contribution in [0, 0.1) is 0 Å². The van der Waals surface area contributed by atoms with Gasteiger partial charge in [-0.05, 0) is 18.2 Å². The minimum Gasteiger partial charge on any atom is -0.468 e. The molecule has 1 aromatic rings. The summed E-state index contributed by atoms with van der Waals surface area (Å²) in [5.74, 6) is -1.58. The Balaban J connectivity index is 2.30. The monoisotopic (exact) mass is 280 g/mol. The van der Waals surface area contributed by atoms with Crippen LogP contribution in [-0.2, 0) is 9.53 Å². The molecule has 1 heterocycles. The van der Waals surface area contributed by atoms with Crippen LogP contribution in [0.1, 0.15) is 20.7 Å². The zero-order valence-corrected chi connectivity index (χ0v) is 11.2. The number of carbonyl (C=O) groups excluding carboxylic acids is 3. The highest BCUT2D eigenvalue weighted by Crippen LogP contribution is 2.26. The van der Waals surface area contributed by atoms with Gasteiger partial charge in [0.15, 0.2) is 0 Å². The first-order valence-electron chi connectivity index (χ1n) is 5.44. The Kier molecular flexibility index (Phi) is 3.75. The van der Waals surface area contributed by atoms with Crippen LogP contribution in [-0.4, -0.2) is 42.6 Å². The molecule has 0 aromatic heterocycles. The summed E-state index contributed by atoms with van der Waals surface area (Å²) < 4.78 is 7.45. The maximum Gasteiger partial charge on any atom is 0.325 e. The highest BCUT2D eigenvalue weighted by molar-refractivity contribution is 7.99. The second kappa shape index (κ2) is 5.31. The molecule has 19 heavy (non-hydrogen) atoms. The molecule has 0 saturated heterocycles. The first-order valence-corrected chi connectivity index (χ1v) is 6.67. The van der Waals surface area contributed by atoms with Crippen molar-refractivity contribution in [3.63, 3.8) is 0 Å². The van der Waals surface area contributed by atoms with Gasteiger partial charge in [0.1, 0.15) is 6.54 Å². The molecule has 7 heteroatoms. The van der Waals surface area contributed by atoms with Gasteiger partial charge in [-0.3, -0.25) is 19.3 Å². The Morgan fingerprint density at radius 3 is 2.63 bits per heavy atom. The SMILES string of the molecule is COC(=O)CN1C(=O)c2ccc(NSC)cc2C1=O. The normalized spacial score (nSPS) is 13.5. The molecule has 0 spiro atoms. The molecular weight excluding hydrogens is 268 g/mol. The second-order valence-corrected chi connectivity index (χ2v) is 4.45. The van der Waals surface area contributed by atoms with E-state index < -0.39 is 17.8 Å². The molecule has 0 unspecified atom stereocenters. The zero-order valence-electron chi connectivity index (χ0n) is 10.4. The van der Waals surface area contributed by atoms with E-state index in [0.717, 1.165) is 10.6 Å². The van der Waals surface area contributed by atoms with Gasteiger partial charge in [0.25, 0.3) is 11.8 Å². The third kappa shape index (κ3) is 2.41. The molecule has 1 aromatic carbocycles. The Morgan fingerprint density at radius 1 is 1.32 bits per heavy atom. The van der Waals surface area contributed by atoms with Crippen molar-refractivity contribution in [2.45, 2.75) is 0 Å². The highest BCUT2D eigenvalue weighted by atomic mass is 32.2. The van der Waals surface area contributed by atoms with Crippen LogP contribution in [0.4, 0.5) is 5.69 Å². The fourth-order valence-electron chi connectivity index (χ4n) is 1.81. The van der Waals surface area contributed by atoms with Crippen molar-refractivity contribution >= 4 is 35.4 Å². The lowest BCUT2D eigenvalue weighted by Gasteiger charge is -2.11. The number of methoxy groups -OCH3 is 1. The summed E-state index contributed by atoms with van der Waals surface area (Å²) in [6, 6.07) is 4.89. The van der Waals surface area contributed by atoms with Crippen LogP contribution in [0.25, 0.3) is 0 Å². The summed E-state index contributed by atoms with van der Waals surface area (Å²) in [6.07, 6.45) is 1.85. The molecular formula is C12H12N2O4S. The molecule has 1 aliphatic rings. The van der Waals surface area contributed by atoms with Crippen LogP contribution in [0.3, 0.4) is 0 Å². The molecule has 2 amide bonds. The Morgan fingerprint density at radius 2 is 2.00 bits per heavy atom.